The quantitative estimate of drug-likeness (QED) is 0.0430. The van der Waals surface area contributed by atoms with Gasteiger partial charge in [-0.3, -0.25) is 14.5 Å². The van der Waals surface area contributed by atoms with E-state index in [0.717, 1.165) is 37.0 Å². The van der Waals surface area contributed by atoms with Crippen LogP contribution in [0.2, 0.25) is 0 Å². The average molecular weight is 649 g/mol. The van der Waals surface area contributed by atoms with E-state index in [4.69, 9.17) is 18.9 Å². The van der Waals surface area contributed by atoms with Gasteiger partial charge in [0, 0.05) is 5.56 Å². The Morgan fingerprint density at radius 3 is 2.43 bits per heavy atom. The molecule has 1 unspecified atom stereocenters. The first-order valence-electron chi connectivity index (χ1n) is 15.4. The summed E-state index contributed by atoms with van der Waals surface area (Å²) in [7, 11) is 0. The van der Waals surface area contributed by atoms with E-state index in [-0.39, 0.29) is 27.9 Å². The number of ether oxygens (including phenoxy) is 4. The topological polar surface area (TPSA) is 124 Å². The van der Waals surface area contributed by atoms with Crippen LogP contribution in [-0.4, -0.2) is 54.2 Å². The Morgan fingerprint density at radius 1 is 1.00 bits per heavy atom. The Morgan fingerprint density at radius 2 is 1.76 bits per heavy atom. The summed E-state index contributed by atoms with van der Waals surface area (Å²) in [6.45, 7) is 12.5. The third kappa shape index (κ3) is 7.59. The number of hydrogen-bond acceptors (Lipinski definition) is 10. The lowest BCUT2D eigenvalue weighted by Gasteiger charge is -2.24. The van der Waals surface area contributed by atoms with Crippen LogP contribution in [0.3, 0.4) is 0 Å². The summed E-state index contributed by atoms with van der Waals surface area (Å²) in [5.41, 5.74) is 1.02. The molecule has 1 aliphatic heterocycles. The van der Waals surface area contributed by atoms with Gasteiger partial charge in [-0.2, -0.15) is 0 Å². The summed E-state index contributed by atoms with van der Waals surface area (Å²) in [6.07, 6.45) is 5.24. The van der Waals surface area contributed by atoms with Crippen molar-refractivity contribution in [2.24, 2.45) is 0 Å². The maximum absolute atomic E-state index is 13.7. The molecule has 0 saturated carbocycles. The summed E-state index contributed by atoms with van der Waals surface area (Å²) < 4.78 is 22.8. The van der Waals surface area contributed by atoms with Gasteiger partial charge < -0.3 is 24.1 Å². The Bertz CT molecular complexity index is 1590. The van der Waals surface area contributed by atoms with Gasteiger partial charge >= 0.3 is 11.9 Å². The molecule has 3 aromatic rings. The predicted octanol–water partition coefficient (Wildman–Crippen LogP) is 7.18. The van der Waals surface area contributed by atoms with Gasteiger partial charge in [0.1, 0.15) is 23.0 Å². The van der Waals surface area contributed by atoms with Gasteiger partial charge in [-0.25, -0.2) is 9.78 Å². The minimum atomic E-state index is -1.09. The zero-order valence-corrected chi connectivity index (χ0v) is 27.5. The highest BCUT2D eigenvalue weighted by Crippen LogP contribution is 2.45. The van der Waals surface area contributed by atoms with Gasteiger partial charge in [0.15, 0.2) is 16.6 Å². The number of unbranched alkanes of at least 4 members (excludes halogenated alkanes) is 2. The zero-order chi connectivity index (χ0) is 33.2. The largest absolute Gasteiger partial charge is 0.507 e. The van der Waals surface area contributed by atoms with Crippen LogP contribution in [0.1, 0.15) is 79.0 Å². The van der Waals surface area contributed by atoms with Crippen molar-refractivity contribution in [3.63, 3.8) is 0 Å². The van der Waals surface area contributed by atoms with Gasteiger partial charge in [-0.1, -0.05) is 56.7 Å². The first-order chi connectivity index (χ1) is 22.2. The number of carbonyl (C=O) groups excluding carboxylic acids is 3. The van der Waals surface area contributed by atoms with Crippen molar-refractivity contribution in [1.82, 2.24) is 4.98 Å². The van der Waals surface area contributed by atoms with E-state index in [1.54, 1.807) is 49.4 Å². The number of benzene rings is 2. The number of carbonyl (C=O) groups is 3. The molecule has 2 aromatic carbocycles. The summed E-state index contributed by atoms with van der Waals surface area (Å²) in [4.78, 5) is 46.1. The molecule has 1 fully saturated rings. The zero-order valence-electron chi connectivity index (χ0n) is 26.7. The molecule has 0 aliphatic carbocycles. The second-order valence-corrected chi connectivity index (χ2v) is 11.5. The summed E-state index contributed by atoms with van der Waals surface area (Å²) in [5.74, 6) is -1.20. The normalized spacial score (nSPS) is 15.6. The van der Waals surface area contributed by atoms with Gasteiger partial charge in [0.25, 0.3) is 5.78 Å². The van der Waals surface area contributed by atoms with E-state index in [0.29, 0.717) is 53.9 Å². The molecule has 4 rings (SSSR count). The molecule has 0 radical (unpaired) electrons. The van der Waals surface area contributed by atoms with E-state index >= 15 is 0 Å². The Balaban J connectivity index is 1.85. The first-order valence-corrected chi connectivity index (χ1v) is 16.3. The highest BCUT2D eigenvalue weighted by Gasteiger charge is 2.48. The number of ketones is 1. The molecule has 1 aromatic heterocycles. The SMILES string of the molecule is C=CCOC(=O)c1sc(N2C(=O)C(=O)C(=C(O)c3ccc(OCCC)cc3)C2c2ccc(OCCCCC)c(OCC)c2)nc1C. The number of amides is 1. The van der Waals surface area contributed by atoms with Gasteiger partial charge in [-0.15, -0.1) is 0 Å². The van der Waals surface area contributed by atoms with Gasteiger partial charge in [-0.05, 0) is 68.7 Å². The summed E-state index contributed by atoms with van der Waals surface area (Å²) >= 11 is 0.928. The maximum atomic E-state index is 13.7. The molecule has 1 aliphatic rings. The lowest BCUT2D eigenvalue weighted by atomic mass is 9.95. The van der Waals surface area contributed by atoms with Crippen LogP contribution >= 0.6 is 11.3 Å². The van der Waals surface area contributed by atoms with Crippen molar-refractivity contribution in [3.8, 4) is 17.2 Å². The molecular weight excluding hydrogens is 608 g/mol. The molecule has 1 amide bonds. The number of aryl methyl sites for hydroxylation is 1. The fourth-order valence-corrected chi connectivity index (χ4v) is 5.91. The number of thiazole rings is 1. The van der Waals surface area contributed by atoms with Crippen molar-refractivity contribution in [3.05, 3.63) is 82.4 Å². The number of aromatic nitrogens is 1. The number of aliphatic hydroxyl groups excluding tert-OH is 1. The molecule has 46 heavy (non-hydrogen) atoms. The standard InChI is InChI=1S/C35H40N2O8S/c1-6-10-11-20-44-26-17-14-24(21-27(26)42-9-4)29-28(30(38)23-12-15-25(16-13-23)43-18-7-2)31(39)33(40)37(29)35-36-22(5)32(46-35)34(41)45-19-8-3/h8,12-17,21,29,38H,3,6-7,9-11,18-20H2,1-2,4-5H3. The number of esters is 1. The minimum Gasteiger partial charge on any atom is -0.507 e. The maximum Gasteiger partial charge on any atom is 0.350 e. The Hall–Kier alpha value is -4.64. The summed E-state index contributed by atoms with van der Waals surface area (Å²) in [6, 6.07) is 10.7. The molecule has 2 heterocycles. The minimum absolute atomic E-state index is 0.00532. The number of aliphatic hydroxyl groups is 1. The fourth-order valence-electron chi connectivity index (χ4n) is 4.92. The van der Waals surface area contributed by atoms with Crippen molar-refractivity contribution in [1.29, 1.82) is 0 Å². The molecule has 1 N–H and O–H groups in total. The Kier molecular flexibility index (Phi) is 12.0. The van der Waals surface area contributed by atoms with E-state index in [9.17, 15) is 19.5 Å². The van der Waals surface area contributed by atoms with Crippen LogP contribution in [-0.2, 0) is 14.3 Å². The second kappa shape index (κ2) is 16.1. The third-order valence-corrected chi connectivity index (χ3v) is 8.28. The molecule has 1 atom stereocenters. The highest BCUT2D eigenvalue weighted by molar-refractivity contribution is 7.17. The number of nitrogens with zero attached hydrogens (tertiary/aromatic N) is 2. The fraction of sp³-hybridized carbons (Fsp3) is 0.371. The first kappa shape index (κ1) is 34.2. The number of Topliss-reactive ketones (excluding diaryl/α,β-unsaturated/α-hetero) is 1. The average Bonchev–Trinajstić information content (AvgIpc) is 3.57. The van der Waals surface area contributed by atoms with Crippen molar-refractivity contribution >= 4 is 39.9 Å². The smallest absolute Gasteiger partial charge is 0.350 e. The molecule has 11 heteroatoms. The van der Waals surface area contributed by atoms with E-state index in [1.165, 1.54) is 11.0 Å². The lowest BCUT2D eigenvalue weighted by molar-refractivity contribution is -0.132. The molecule has 244 valence electrons. The lowest BCUT2D eigenvalue weighted by Crippen LogP contribution is -2.29. The summed E-state index contributed by atoms with van der Waals surface area (Å²) in [5, 5.41) is 11.7. The van der Waals surface area contributed by atoms with Crippen molar-refractivity contribution < 1.29 is 38.4 Å². The number of hydrogen-bond donors (Lipinski definition) is 1. The van der Waals surface area contributed by atoms with E-state index < -0.39 is 23.7 Å². The number of rotatable bonds is 16. The van der Waals surface area contributed by atoms with Crippen LogP contribution in [0.15, 0.2) is 60.7 Å². The molecule has 10 nitrogen and oxygen atoms in total. The van der Waals surface area contributed by atoms with Crippen LogP contribution in [0.4, 0.5) is 5.13 Å². The second-order valence-electron chi connectivity index (χ2n) is 10.5. The van der Waals surface area contributed by atoms with Gasteiger partial charge in [0.05, 0.1) is 37.1 Å². The highest BCUT2D eigenvalue weighted by atomic mass is 32.1. The molecular formula is C35H40N2O8S. The molecule has 0 bridgehead atoms. The predicted molar refractivity (Wildman–Crippen MR) is 177 cm³/mol. The monoisotopic (exact) mass is 648 g/mol. The van der Waals surface area contributed by atoms with Crippen LogP contribution in [0, 0.1) is 6.92 Å². The van der Waals surface area contributed by atoms with E-state index in [1.807, 2.05) is 13.8 Å². The van der Waals surface area contributed by atoms with Crippen molar-refractivity contribution in [2.75, 3.05) is 31.3 Å². The van der Waals surface area contributed by atoms with Crippen LogP contribution in [0.25, 0.3) is 5.76 Å². The van der Waals surface area contributed by atoms with E-state index in [2.05, 4.69) is 18.5 Å². The van der Waals surface area contributed by atoms with Gasteiger partial charge in [0.2, 0.25) is 0 Å². The van der Waals surface area contributed by atoms with Crippen molar-refractivity contribution in [2.45, 2.75) is 59.4 Å². The number of anilines is 1. The molecule has 0 spiro atoms. The molecule has 1 saturated heterocycles. The Labute approximate surface area is 273 Å². The van der Waals surface area contributed by atoms with Crippen LogP contribution in [0.5, 0.6) is 17.2 Å². The third-order valence-electron chi connectivity index (χ3n) is 7.14. The van der Waals surface area contributed by atoms with Crippen LogP contribution < -0.4 is 19.1 Å².